The van der Waals surface area contributed by atoms with Gasteiger partial charge in [-0.2, -0.15) is 0 Å². The molecule has 4 bridgehead atoms. The zero-order valence-corrected chi connectivity index (χ0v) is 31.8. The number of imidazole rings is 1. The maximum atomic E-state index is 14.5. The lowest BCUT2D eigenvalue weighted by molar-refractivity contribution is -0.155. The van der Waals surface area contributed by atoms with E-state index in [9.17, 15) is 27.6 Å². The van der Waals surface area contributed by atoms with Crippen molar-refractivity contribution in [3.63, 3.8) is 0 Å². The molecule has 13 nitrogen and oxygen atoms in total. The van der Waals surface area contributed by atoms with Gasteiger partial charge in [0.05, 0.1) is 42.6 Å². The van der Waals surface area contributed by atoms with Crippen molar-refractivity contribution in [2.45, 2.75) is 122 Å². The van der Waals surface area contributed by atoms with Gasteiger partial charge in [-0.25, -0.2) is 13.4 Å². The van der Waals surface area contributed by atoms with E-state index in [2.05, 4.69) is 36.5 Å². The molecule has 5 atom stereocenters. The van der Waals surface area contributed by atoms with Crippen LogP contribution in [0, 0.1) is 22.7 Å². The summed E-state index contributed by atoms with van der Waals surface area (Å²) in [7, 11) is -3.87. The predicted octanol–water partition coefficient (Wildman–Crippen LogP) is 3.84. The van der Waals surface area contributed by atoms with Crippen molar-refractivity contribution in [3.8, 4) is 0 Å². The molecule has 2 aliphatic heterocycles. The van der Waals surface area contributed by atoms with E-state index in [0.717, 1.165) is 36.9 Å². The van der Waals surface area contributed by atoms with Crippen LogP contribution in [0.25, 0.3) is 5.65 Å². The molecule has 1 saturated heterocycles. The number of hydrogen-bond acceptors (Lipinski definition) is 9. The average Bonchev–Trinajstić information content (AvgIpc) is 3.96. The van der Waals surface area contributed by atoms with Crippen molar-refractivity contribution in [1.82, 2.24) is 24.3 Å². The molecule has 0 spiro atoms. The lowest BCUT2D eigenvalue weighted by Crippen LogP contribution is -2.57. The molecule has 4 heterocycles. The van der Waals surface area contributed by atoms with Crippen molar-refractivity contribution >= 4 is 39.4 Å². The number of nitrogens with zero attached hydrogens (tertiary/aromatic N) is 3. The molecule has 4 aliphatic rings. The minimum atomic E-state index is -3.87. The Kier molecular flexibility index (Phi) is 10.4. The van der Waals surface area contributed by atoms with Gasteiger partial charge < -0.3 is 24.1 Å². The van der Waals surface area contributed by atoms with E-state index >= 15 is 0 Å². The second kappa shape index (κ2) is 14.2. The van der Waals surface area contributed by atoms with Crippen LogP contribution >= 0.6 is 0 Å². The lowest BCUT2D eigenvalue weighted by atomic mass is 9.77. The molecule has 0 radical (unpaired) electrons. The second-order valence-corrected chi connectivity index (χ2v) is 19.0. The van der Waals surface area contributed by atoms with Crippen molar-refractivity contribution in [1.29, 1.82) is 0 Å². The Hall–Kier alpha value is -3.78. The number of fused-ring (bicyclic) bond motifs is 3. The molecule has 2 N–H and O–H groups in total. The number of pyridine rings is 1. The van der Waals surface area contributed by atoms with E-state index in [4.69, 9.17) is 14.5 Å². The summed E-state index contributed by atoms with van der Waals surface area (Å²) in [6.45, 7) is 14.0. The topological polar surface area (TPSA) is 165 Å². The number of rotatable bonds is 6. The zero-order chi connectivity index (χ0) is 37.6. The van der Waals surface area contributed by atoms with Crippen LogP contribution in [-0.2, 0) is 51.7 Å². The Balaban J connectivity index is 1.28. The van der Waals surface area contributed by atoms with Crippen LogP contribution < -0.4 is 10.0 Å². The Labute approximate surface area is 306 Å². The van der Waals surface area contributed by atoms with Gasteiger partial charge in [-0.05, 0) is 61.0 Å². The molecular formula is C38H53N5O8S. The molecule has 3 fully saturated rings. The fourth-order valence-electron chi connectivity index (χ4n) is 7.48. The molecule has 3 amide bonds. The summed E-state index contributed by atoms with van der Waals surface area (Å²) in [5, 5.41) is 2.21. The van der Waals surface area contributed by atoms with E-state index in [0.29, 0.717) is 18.5 Å². The summed E-state index contributed by atoms with van der Waals surface area (Å²) < 4.78 is 41.6. The lowest BCUT2D eigenvalue weighted by Gasteiger charge is -2.35. The Morgan fingerprint density at radius 1 is 1.15 bits per heavy atom. The van der Waals surface area contributed by atoms with Crippen LogP contribution in [0.2, 0.25) is 0 Å². The average molecular weight is 740 g/mol. The molecular weight excluding hydrogens is 687 g/mol. The molecule has 0 unspecified atom stereocenters. The molecule has 6 rings (SSSR count). The smallest absolute Gasteiger partial charge is 0.306 e. The quantitative estimate of drug-likeness (QED) is 0.331. The van der Waals surface area contributed by atoms with Gasteiger partial charge in [-0.3, -0.25) is 23.9 Å². The van der Waals surface area contributed by atoms with E-state index in [1.165, 1.54) is 11.0 Å². The summed E-state index contributed by atoms with van der Waals surface area (Å²) >= 11 is 0. The molecule has 284 valence electrons. The molecule has 0 aromatic carbocycles. The number of carbonyl (C=O) groups is 4. The predicted molar refractivity (Wildman–Crippen MR) is 193 cm³/mol. The van der Waals surface area contributed by atoms with Crippen molar-refractivity contribution < 1.29 is 37.1 Å². The van der Waals surface area contributed by atoms with Gasteiger partial charge in [-0.1, -0.05) is 53.2 Å². The minimum absolute atomic E-state index is 0.0738. The summed E-state index contributed by atoms with van der Waals surface area (Å²) in [5.74, 6) is -3.59. The molecule has 2 aliphatic carbocycles. The fraction of sp³-hybridized carbons (Fsp3) is 0.658. The third-order valence-corrected chi connectivity index (χ3v) is 12.9. The summed E-state index contributed by atoms with van der Waals surface area (Å²) in [4.78, 5) is 61.9. The third-order valence-electron chi connectivity index (χ3n) is 11.1. The number of aryl methyl sites for hydroxylation is 1. The first kappa shape index (κ1) is 38.0. The highest BCUT2D eigenvalue weighted by atomic mass is 32.2. The van der Waals surface area contributed by atoms with E-state index in [-0.39, 0.29) is 44.4 Å². The first-order valence-electron chi connectivity index (χ1n) is 18.5. The number of sulfonamides is 1. The Morgan fingerprint density at radius 2 is 1.90 bits per heavy atom. The normalized spacial score (nSPS) is 29.0. The second-order valence-electron chi connectivity index (χ2n) is 17.0. The number of amides is 3. The number of ether oxygens (including phenoxy) is 2. The van der Waals surface area contributed by atoms with Crippen LogP contribution in [0.15, 0.2) is 37.2 Å². The standard InChI is InChI=1S/C38H53N5O8S/c1-7-25-19-38(25,35(47)41-52(48,49)28-13-14-28)40-33(45)30-17-27-21-43(30)34(46)29(36(2,3)4)18-31(44)51-23-37(5,6)15-9-8-11-24-12-10-16-42-20-26(22-50-27)39-32(24)42/h7,10,12,16,20,25,27-30H,1,8-9,11,13-15,17-19,21-23H2,2-6H3,(H,40,45)(H,41,47)/t25-,27-,29-,30+,38-/m1/s1. The van der Waals surface area contributed by atoms with E-state index in [1.807, 2.05) is 43.6 Å². The fourth-order valence-corrected chi connectivity index (χ4v) is 8.84. The summed E-state index contributed by atoms with van der Waals surface area (Å²) in [6.07, 6.45) is 9.52. The zero-order valence-electron chi connectivity index (χ0n) is 31.0. The van der Waals surface area contributed by atoms with Crippen LogP contribution in [-0.4, -0.2) is 82.5 Å². The van der Waals surface area contributed by atoms with Gasteiger partial charge in [0.25, 0.3) is 5.91 Å². The van der Waals surface area contributed by atoms with Crippen molar-refractivity contribution in [3.05, 3.63) is 48.4 Å². The number of hydrogen-bond donors (Lipinski definition) is 2. The summed E-state index contributed by atoms with van der Waals surface area (Å²) in [6, 6.07) is 3.02. The minimum Gasteiger partial charge on any atom is -0.465 e. The van der Waals surface area contributed by atoms with Gasteiger partial charge in [0, 0.05) is 31.3 Å². The maximum Gasteiger partial charge on any atom is 0.306 e. The monoisotopic (exact) mass is 739 g/mol. The third kappa shape index (κ3) is 8.22. The van der Waals surface area contributed by atoms with Gasteiger partial charge in [0.2, 0.25) is 21.8 Å². The van der Waals surface area contributed by atoms with Crippen LogP contribution in [0.4, 0.5) is 0 Å². The molecule has 2 aromatic rings. The highest BCUT2D eigenvalue weighted by Gasteiger charge is 2.62. The van der Waals surface area contributed by atoms with Crippen molar-refractivity contribution in [2.75, 3.05) is 13.2 Å². The number of aromatic nitrogens is 2. The number of esters is 1. The number of cyclic esters (lactones) is 1. The Morgan fingerprint density at radius 3 is 2.58 bits per heavy atom. The molecule has 52 heavy (non-hydrogen) atoms. The van der Waals surface area contributed by atoms with Gasteiger partial charge >= 0.3 is 5.97 Å². The van der Waals surface area contributed by atoms with Crippen molar-refractivity contribution in [2.24, 2.45) is 22.7 Å². The highest BCUT2D eigenvalue weighted by molar-refractivity contribution is 7.91. The van der Waals surface area contributed by atoms with Crippen LogP contribution in [0.5, 0.6) is 0 Å². The number of nitrogens with one attached hydrogen (secondary N) is 2. The molecule has 2 aromatic heterocycles. The van der Waals surface area contributed by atoms with Crippen LogP contribution in [0.1, 0.15) is 97.2 Å². The van der Waals surface area contributed by atoms with E-state index < -0.39 is 73.9 Å². The molecule has 14 heteroatoms. The Bertz CT molecular complexity index is 1840. The SMILES string of the molecule is C=C[C@@H]1C[C@]1(NC(=O)[C@@H]1C[C@@H]2CN1C(=O)[C@H](C(C)(C)C)CC(=O)OCC(C)(C)CCCCc1cccn3cc(nc13)CO2)C(=O)NS(=O)(=O)C1CC1. The number of carbonyl (C=O) groups excluding carboxylic acids is 4. The summed E-state index contributed by atoms with van der Waals surface area (Å²) in [5.41, 5.74) is 0.246. The molecule has 2 saturated carbocycles. The maximum absolute atomic E-state index is 14.5. The van der Waals surface area contributed by atoms with Crippen LogP contribution in [0.3, 0.4) is 0 Å². The first-order valence-corrected chi connectivity index (χ1v) is 20.0. The first-order chi connectivity index (χ1) is 24.4. The van der Waals surface area contributed by atoms with E-state index in [1.54, 1.807) is 0 Å². The largest absolute Gasteiger partial charge is 0.465 e. The highest BCUT2D eigenvalue weighted by Crippen LogP contribution is 2.46. The van der Waals surface area contributed by atoms with Gasteiger partial charge in [0.15, 0.2) is 0 Å². The van der Waals surface area contributed by atoms with Gasteiger partial charge in [-0.15, -0.1) is 6.58 Å². The van der Waals surface area contributed by atoms with Gasteiger partial charge in [0.1, 0.15) is 17.2 Å².